The van der Waals surface area contributed by atoms with Crippen LogP contribution in [0.3, 0.4) is 0 Å². The normalized spacial score (nSPS) is 10.6. The second-order valence-electron chi connectivity index (χ2n) is 5.28. The molecule has 126 valence electrons. The van der Waals surface area contributed by atoms with Gasteiger partial charge in [-0.1, -0.05) is 30.3 Å². The van der Waals surface area contributed by atoms with Crippen molar-refractivity contribution in [2.75, 3.05) is 13.2 Å². The van der Waals surface area contributed by atoms with Crippen molar-refractivity contribution < 1.29 is 30.0 Å². The number of hydrogen-bond donors (Lipinski definition) is 4. The van der Waals surface area contributed by atoms with Crippen LogP contribution in [-0.4, -0.2) is 45.6 Å². The molecule has 0 aliphatic rings. The van der Waals surface area contributed by atoms with Crippen LogP contribution >= 0.6 is 0 Å². The molecule has 0 aromatic heterocycles. The van der Waals surface area contributed by atoms with E-state index in [1.54, 1.807) is 24.3 Å². The molecule has 0 spiro atoms. The van der Waals surface area contributed by atoms with Crippen LogP contribution in [0.15, 0.2) is 36.4 Å². The van der Waals surface area contributed by atoms with Gasteiger partial charge in [-0.3, -0.25) is 0 Å². The minimum atomic E-state index is -1.24. The zero-order chi connectivity index (χ0) is 17.7. The number of rotatable bonds is 7. The fourth-order valence-electron chi connectivity index (χ4n) is 2.66. The summed E-state index contributed by atoms with van der Waals surface area (Å²) in [4.78, 5) is 23.3. The number of aromatic carboxylic acids is 2. The number of hydrogen-bond acceptors (Lipinski definition) is 4. The van der Waals surface area contributed by atoms with Gasteiger partial charge in [-0.2, -0.15) is 0 Å². The van der Waals surface area contributed by atoms with Gasteiger partial charge in [0.2, 0.25) is 0 Å². The van der Waals surface area contributed by atoms with Crippen molar-refractivity contribution in [3.63, 3.8) is 0 Å². The maximum absolute atomic E-state index is 11.7. The molecular formula is C18H18O6. The lowest BCUT2D eigenvalue weighted by Crippen LogP contribution is -2.11. The number of aliphatic hydroxyl groups excluding tert-OH is 2. The van der Waals surface area contributed by atoms with Crippen molar-refractivity contribution in [2.24, 2.45) is 0 Å². The zero-order valence-corrected chi connectivity index (χ0v) is 12.9. The van der Waals surface area contributed by atoms with Crippen LogP contribution in [-0.2, 0) is 12.8 Å². The largest absolute Gasteiger partial charge is 0.478 e. The minimum Gasteiger partial charge on any atom is -0.478 e. The molecular weight excluding hydrogens is 312 g/mol. The van der Waals surface area contributed by atoms with Gasteiger partial charge in [-0.05, 0) is 35.6 Å². The van der Waals surface area contributed by atoms with Crippen molar-refractivity contribution in [1.29, 1.82) is 0 Å². The summed E-state index contributed by atoms with van der Waals surface area (Å²) in [6, 6.07) is 9.51. The molecule has 0 fully saturated rings. The Morgan fingerprint density at radius 1 is 0.792 bits per heavy atom. The lowest BCUT2D eigenvalue weighted by atomic mass is 9.89. The summed E-state index contributed by atoms with van der Waals surface area (Å²) in [6.45, 7) is -0.242. The van der Waals surface area contributed by atoms with Gasteiger partial charge < -0.3 is 20.4 Å². The molecule has 0 radical (unpaired) electrons. The third-order valence-corrected chi connectivity index (χ3v) is 3.76. The monoisotopic (exact) mass is 330 g/mol. The molecule has 0 atom stereocenters. The van der Waals surface area contributed by atoms with Gasteiger partial charge >= 0.3 is 11.9 Å². The summed E-state index contributed by atoms with van der Waals surface area (Å²) in [6.07, 6.45) is 0.583. The molecule has 0 amide bonds. The van der Waals surface area contributed by atoms with E-state index >= 15 is 0 Å². The second kappa shape index (κ2) is 7.72. The molecule has 0 saturated carbocycles. The molecule has 6 heteroatoms. The number of benzene rings is 2. The molecule has 4 N–H and O–H groups in total. The van der Waals surface area contributed by atoms with Gasteiger partial charge in [0.1, 0.15) is 0 Å². The summed E-state index contributed by atoms with van der Waals surface area (Å²) in [5, 5.41) is 37.1. The second-order valence-corrected chi connectivity index (χ2v) is 5.28. The molecule has 0 heterocycles. The Hall–Kier alpha value is -2.70. The lowest BCUT2D eigenvalue weighted by molar-refractivity contribution is 0.0695. The van der Waals surface area contributed by atoms with Crippen molar-refractivity contribution in [1.82, 2.24) is 0 Å². The first-order valence-electron chi connectivity index (χ1n) is 7.43. The topological polar surface area (TPSA) is 115 Å². The van der Waals surface area contributed by atoms with Gasteiger partial charge in [-0.15, -0.1) is 0 Å². The van der Waals surface area contributed by atoms with Crippen molar-refractivity contribution >= 4 is 11.9 Å². The Bertz CT molecular complexity index is 749. The van der Waals surface area contributed by atoms with Crippen LogP contribution in [0.5, 0.6) is 0 Å². The first-order chi connectivity index (χ1) is 11.5. The molecule has 0 aliphatic heterocycles. The first kappa shape index (κ1) is 17.7. The first-order valence-corrected chi connectivity index (χ1v) is 7.43. The predicted octanol–water partition coefficient (Wildman–Crippen LogP) is 1.82. The zero-order valence-electron chi connectivity index (χ0n) is 12.9. The summed E-state index contributed by atoms with van der Waals surface area (Å²) >= 11 is 0. The molecule has 2 rings (SSSR count). The maximum atomic E-state index is 11.7. The average Bonchev–Trinajstić information content (AvgIpc) is 2.55. The molecule has 24 heavy (non-hydrogen) atoms. The number of carbonyl (C=O) groups is 2. The van der Waals surface area contributed by atoms with E-state index in [4.69, 9.17) is 10.2 Å². The summed E-state index contributed by atoms with van der Waals surface area (Å²) < 4.78 is 0. The minimum absolute atomic E-state index is 0.00785. The molecule has 0 saturated heterocycles. The van der Waals surface area contributed by atoms with E-state index in [2.05, 4.69) is 0 Å². The van der Waals surface area contributed by atoms with Gasteiger partial charge in [-0.25, -0.2) is 9.59 Å². The van der Waals surface area contributed by atoms with Crippen LogP contribution in [0, 0.1) is 0 Å². The number of carboxylic acid groups (broad SMARTS) is 2. The SMILES string of the molecule is O=C(O)c1ccc(CCO)c(C(=O)O)c1-c1ccc(CCO)cc1. The molecule has 2 aromatic carbocycles. The third kappa shape index (κ3) is 3.61. The van der Waals surface area contributed by atoms with Crippen LogP contribution in [0.25, 0.3) is 11.1 Å². The van der Waals surface area contributed by atoms with E-state index in [1.807, 2.05) is 0 Å². The molecule has 0 bridgehead atoms. The van der Waals surface area contributed by atoms with E-state index in [0.717, 1.165) is 5.56 Å². The van der Waals surface area contributed by atoms with Gasteiger partial charge in [0.05, 0.1) is 11.1 Å². The number of aliphatic hydroxyl groups is 2. The van der Waals surface area contributed by atoms with Gasteiger partial charge in [0.15, 0.2) is 0 Å². The molecule has 0 unspecified atom stereocenters. The lowest BCUT2D eigenvalue weighted by Gasteiger charge is -2.15. The smallest absolute Gasteiger partial charge is 0.336 e. The van der Waals surface area contributed by atoms with E-state index in [9.17, 15) is 19.8 Å². The van der Waals surface area contributed by atoms with E-state index in [-0.39, 0.29) is 36.3 Å². The Kier molecular flexibility index (Phi) is 5.68. The van der Waals surface area contributed by atoms with Crippen molar-refractivity contribution in [3.8, 4) is 11.1 Å². The van der Waals surface area contributed by atoms with E-state index in [0.29, 0.717) is 17.5 Å². The highest BCUT2D eigenvalue weighted by Crippen LogP contribution is 2.31. The fraction of sp³-hybridized carbons (Fsp3) is 0.222. The van der Waals surface area contributed by atoms with Crippen molar-refractivity contribution in [3.05, 3.63) is 58.7 Å². The Morgan fingerprint density at radius 3 is 1.92 bits per heavy atom. The predicted molar refractivity (Wildman–Crippen MR) is 87.4 cm³/mol. The standard InChI is InChI=1S/C18H18O6/c19-9-7-11-1-3-12(4-2-11)15-14(17(21)22)6-5-13(8-10-20)16(15)18(23)24/h1-6,19-20H,7-10H2,(H,21,22)(H,23,24). The Morgan fingerprint density at radius 2 is 1.42 bits per heavy atom. The van der Waals surface area contributed by atoms with Crippen molar-refractivity contribution in [2.45, 2.75) is 12.8 Å². The van der Waals surface area contributed by atoms with E-state index < -0.39 is 11.9 Å². The van der Waals surface area contributed by atoms with Crippen LogP contribution < -0.4 is 0 Å². The van der Waals surface area contributed by atoms with Crippen LogP contribution in [0.1, 0.15) is 31.8 Å². The fourth-order valence-corrected chi connectivity index (χ4v) is 2.66. The molecule has 2 aromatic rings. The van der Waals surface area contributed by atoms with Crippen LogP contribution in [0.4, 0.5) is 0 Å². The highest BCUT2D eigenvalue weighted by Gasteiger charge is 2.23. The van der Waals surface area contributed by atoms with Crippen LogP contribution in [0.2, 0.25) is 0 Å². The highest BCUT2D eigenvalue weighted by molar-refractivity contribution is 6.05. The summed E-state index contributed by atoms with van der Waals surface area (Å²) in [7, 11) is 0. The quantitative estimate of drug-likeness (QED) is 0.615. The van der Waals surface area contributed by atoms with Gasteiger partial charge in [0, 0.05) is 18.8 Å². The van der Waals surface area contributed by atoms with E-state index in [1.165, 1.54) is 12.1 Å². The molecule has 0 aliphatic carbocycles. The summed E-state index contributed by atoms with van der Waals surface area (Å²) in [5.74, 6) is -2.46. The third-order valence-electron chi connectivity index (χ3n) is 3.76. The number of carboxylic acids is 2. The summed E-state index contributed by atoms with van der Waals surface area (Å²) in [5.41, 5.74) is 1.61. The van der Waals surface area contributed by atoms with Gasteiger partial charge in [0.25, 0.3) is 0 Å². The Balaban J connectivity index is 2.70. The maximum Gasteiger partial charge on any atom is 0.336 e. The molecule has 6 nitrogen and oxygen atoms in total. The highest BCUT2D eigenvalue weighted by atomic mass is 16.4. The Labute approximate surface area is 138 Å². The average molecular weight is 330 g/mol.